The first-order chi connectivity index (χ1) is 9.79. The van der Waals surface area contributed by atoms with Gasteiger partial charge < -0.3 is 5.11 Å². The zero-order valence-corrected chi connectivity index (χ0v) is 11.8. The van der Waals surface area contributed by atoms with Gasteiger partial charge >= 0.3 is 5.97 Å². The normalized spacial score (nSPS) is 11.1. The standard InChI is InChI=1S/C12H8ClFN2O4S/c13-10-3-2-8(5-9(10)12(17)18)21(19,20)16-7-1-4-11(14)15-6-7/h1-6,16H,(H,17,18). The number of carboxylic acid groups (broad SMARTS) is 1. The monoisotopic (exact) mass is 330 g/mol. The Labute approximate surface area is 124 Å². The maximum atomic E-state index is 12.7. The van der Waals surface area contributed by atoms with Crippen molar-refractivity contribution in [3.8, 4) is 0 Å². The Kier molecular flexibility index (Phi) is 4.10. The van der Waals surface area contributed by atoms with Crippen LogP contribution >= 0.6 is 11.6 Å². The minimum atomic E-state index is -4.03. The topological polar surface area (TPSA) is 96.4 Å². The van der Waals surface area contributed by atoms with Gasteiger partial charge in [0.05, 0.1) is 27.4 Å². The van der Waals surface area contributed by atoms with Crippen molar-refractivity contribution in [1.82, 2.24) is 4.98 Å². The van der Waals surface area contributed by atoms with Gasteiger partial charge in [-0.25, -0.2) is 18.2 Å². The molecular formula is C12H8ClFN2O4S. The van der Waals surface area contributed by atoms with Gasteiger partial charge in [-0.05, 0) is 30.3 Å². The molecule has 0 spiro atoms. The summed E-state index contributed by atoms with van der Waals surface area (Å²) in [5, 5.41) is 8.85. The molecular weight excluding hydrogens is 323 g/mol. The summed E-state index contributed by atoms with van der Waals surface area (Å²) in [5.74, 6) is -2.10. The molecule has 2 N–H and O–H groups in total. The number of halogens is 2. The number of carbonyl (C=O) groups is 1. The molecule has 0 aliphatic heterocycles. The van der Waals surface area contributed by atoms with Gasteiger partial charge in [-0.15, -0.1) is 0 Å². The molecule has 0 radical (unpaired) electrons. The Bertz CT molecular complexity index is 793. The van der Waals surface area contributed by atoms with Crippen molar-refractivity contribution in [3.63, 3.8) is 0 Å². The Morgan fingerprint density at radius 2 is 2.00 bits per heavy atom. The van der Waals surface area contributed by atoms with Gasteiger partial charge in [-0.2, -0.15) is 4.39 Å². The number of hydrogen-bond acceptors (Lipinski definition) is 4. The molecule has 0 fully saturated rings. The fourth-order valence-electron chi connectivity index (χ4n) is 1.49. The second kappa shape index (κ2) is 5.66. The van der Waals surface area contributed by atoms with Crippen molar-refractivity contribution in [1.29, 1.82) is 0 Å². The van der Waals surface area contributed by atoms with Crippen molar-refractivity contribution < 1.29 is 22.7 Å². The molecule has 0 atom stereocenters. The predicted octanol–water partition coefficient (Wildman–Crippen LogP) is 2.37. The molecule has 0 aliphatic rings. The zero-order chi connectivity index (χ0) is 15.6. The second-order valence-corrected chi connectivity index (χ2v) is 6.01. The maximum absolute atomic E-state index is 12.7. The van der Waals surface area contributed by atoms with Crippen molar-refractivity contribution in [2.45, 2.75) is 4.90 Å². The molecule has 2 rings (SSSR count). The van der Waals surface area contributed by atoms with Crippen LogP contribution in [-0.4, -0.2) is 24.5 Å². The third-order valence-electron chi connectivity index (χ3n) is 2.46. The minimum Gasteiger partial charge on any atom is -0.478 e. The summed E-state index contributed by atoms with van der Waals surface area (Å²) in [6, 6.07) is 5.44. The van der Waals surface area contributed by atoms with E-state index in [1.54, 1.807) is 0 Å². The van der Waals surface area contributed by atoms with Gasteiger partial charge in [0.25, 0.3) is 10.0 Å². The fraction of sp³-hybridized carbons (Fsp3) is 0. The van der Waals surface area contributed by atoms with Gasteiger partial charge in [0.15, 0.2) is 0 Å². The third-order valence-corrected chi connectivity index (χ3v) is 4.17. The predicted molar refractivity (Wildman–Crippen MR) is 73.4 cm³/mol. The lowest BCUT2D eigenvalue weighted by Gasteiger charge is -2.09. The lowest BCUT2D eigenvalue weighted by atomic mass is 10.2. The fourth-order valence-corrected chi connectivity index (χ4v) is 2.75. The van der Waals surface area contributed by atoms with Crippen molar-refractivity contribution in [2.24, 2.45) is 0 Å². The molecule has 0 bridgehead atoms. The smallest absolute Gasteiger partial charge is 0.337 e. The van der Waals surface area contributed by atoms with E-state index < -0.39 is 21.9 Å². The number of carboxylic acids is 1. The van der Waals surface area contributed by atoms with Crippen molar-refractivity contribution in [3.05, 3.63) is 53.1 Å². The summed E-state index contributed by atoms with van der Waals surface area (Å²) < 4.78 is 39.0. The summed E-state index contributed by atoms with van der Waals surface area (Å²) in [5.41, 5.74) is -0.292. The molecule has 21 heavy (non-hydrogen) atoms. The van der Waals surface area contributed by atoms with Crippen LogP contribution in [0.3, 0.4) is 0 Å². The molecule has 1 heterocycles. The number of rotatable bonds is 4. The number of aromatic carboxylic acids is 1. The lowest BCUT2D eigenvalue weighted by molar-refractivity contribution is 0.0697. The number of nitrogens with one attached hydrogen (secondary N) is 1. The highest BCUT2D eigenvalue weighted by atomic mass is 35.5. The van der Waals surface area contributed by atoms with Gasteiger partial charge in [-0.3, -0.25) is 4.72 Å². The summed E-state index contributed by atoms with van der Waals surface area (Å²) in [6.07, 6.45) is 1.00. The van der Waals surface area contributed by atoms with Crippen LogP contribution in [0.25, 0.3) is 0 Å². The van der Waals surface area contributed by atoms with Gasteiger partial charge in [0.1, 0.15) is 0 Å². The van der Waals surface area contributed by atoms with E-state index in [0.29, 0.717) is 0 Å². The molecule has 0 saturated heterocycles. The minimum absolute atomic E-state index is 0.0447. The quantitative estimate of drug-likeness (QED) is 0.839. The molecule has 110 valence electrons. The summed E-state index contributed by atoms with van der Waals surface area (Å²) >= 11 is 5.67. The molecule has 9 heteroatoms. The third kappa shape index (κ3) is 3.47. The Balaban J connectivity index is 2.38. The van der Waals surface area contributed by atoms with Crippen LogP contribution in [0.4, 0.5) is 10.1 Å². The Hall–Kier alpha value is -2.19. The molecule has 1 aromatic carbocycles. The molecule has 6 nitrogen and oxygen atoms in total. The number of benzene rings is 1. The Morgan fingerprint density at radius 3 is 2.57 bits per heavy atom. The first-order valence-corrected chi connectivity index (χ1v) is 7.33. The average molecular weight is 331 g/mol. The number of nitrogens with zero attached hydrogens (tertiary/aromatic N) is 1. The molecule has 0 amide bonds. The van der Waals surface area contributed by atoms with E-state index >= 15 is 0 Å². The maximum Gasteiger partial charge on any atom is 0.337 e. The Morgan fingerprint density at radius 1 is 1.29 bits per heavy atom. The largest absolute Gasteiger partial charge is 0.478 e. The van der Waals surface area contributed by atoms with Gasteiger partial charge in [0, 0.05) is 0 Å². The summed E-state index contributed by atoms with van der Waals surface area (Å²) in [4.78, 5) is 14.0. The summed E-state index contributed by atoms with van der Waals surface area (Å²) in [7, 11) is -4.03. The van der Waals surface area contributed by atoms with E-state index in [9.17, 15) is 17.6 Å². The van der Waals surface area contributed by atoms with Crippen LogP contribution < -0.4 is 4.72 Å². The highest BCUT2D eigenvalue weighted by Crippen LogP contribution is 2.22. The number of pyridine rings is 1. The molecule has 0 unspecified atom stereocenters. The highest BCUT2D eigenvalue weighted by molar-refractivity contribution is 7.92. The first kappa shape index (κ1) is 15.2. The van der Waals surface area contributed by atoms with Gasteiger partial charge in [-0.1, -0.05) is 11.6 Å². The number of hydrogen-bond donors (Lipinski definition) is 2. The molecule has 2 aromatic rings. The average Bonchev–Trinajstić information content (AvgIpc) is 2.41. The van der Waals surface area contributed by atoms with E-state index in [1.807, 2.05) is 0 Å². The number of aromatic nitrogens is 1. The van der Waals surface area contributed by atoms with E-state index in [2.05, 4.69) is 9.71 Å². The van der Waals surface area contributed by atoms with Crippen LogP contribution in [0.5, 0.6) is 0 Å². The zero-order valence-electron chi connectivity index (χ0n) is 10.2. The van der Waals surface area contributed by atoms with E-state index in [4.69, 9.17) is 16.7 Å². The lowest BCUT2D eigenvalue weighted by Crippen LogP contribution is -2.14. The number of sulfonamides is 1. The molecule has 0 aliphatic carbocycles. The van der Waals surface area contributed by atoms with Crippen LogP contribution in [0.15, 0.2) is 41.4 Å². The van der Waals surface area contributed by atoms with Crippen LogP contribution in [0.1, 0.15) is 10.4 Å². The number of anilines is 1. The van der Waals surface area contributed by atoms with Crippen LogP contribution in [0.2, 0.25) is 5.02 Å². The van der Waals surface area contributed by atoms with E-state index in [1.165, 1.54) is 12.1 Å². The second-order valence-electron chi connectivity index (χ2n) is 3.92. The van der Waals surface area contributed by atoms with Crippen molar-refractivity contribution in [2.75, 3.05) is 4.72 Å². The molecule has 0 saturated carbocycles. The SMILES string of the molecule is O=C(O)c1cc(S(=O)(=O)Nc2ccc(F)nc2)ccc1Cl. The molecule has 1 aromatic heterocycles. The van der Waals surface area contributed by atoms with Crippen molar-refractivity contribution >= 4 is 33.3 Å². The van der Waals surface area contributed by atoms with Crippen LogP contribution in [-0.2, 0) is 10.0 Å². The summed E-state index contributed by atoms with van der Waals surface area (Å²) in [6.45, 7) is 0. The van der Waals surface area contributed by atoms with E-state index in [0.717, 1.165) is 24.4 Å². The van der Waals surface area contributed by atoms with Gasteiger partial charge in [0.2, 0.25) is 5.95 Å². The van der Waals surface area contributed by atoms with E-state index in [-0.39, 0.29) is 21.2 Å². The van der Waals surface area contributed by atoms with Crippen LogP contribution in [0, 0.1) is 5.95 Å². The highest BCUT2D eigenvalue weighted by Gasteiger charge is 2.18. The first-order valence-electron chi connectivity index (χ1n) is 5.47.